The summed E-state index contributed by atoms with van der Waals surface area (Å²) in [5.74, 6) is 0. The fourth-order valence-electron chi connectivity index (χ4n) is 1.11. The number of nitrogens with zero attached hydrogens (tertiary/aromatic N) is 2. The van der Waals surface area contributed by atoms with Crippen molar-refractivity contribution < 1.29 is 17.2 Å². The Balaban J connectivity index is 2.49. The molecule has 0 aliphatic heterocycles. The van der Waals surface area contributed by atoms with E-state index in [0.717, 1.165) is 21.2 Å². The quantitative estimate of drug-likeness (QED) is 0.508. The van der Waals surface area contributed by atoms with Crippen LogP contribution in [0.15, 0.2) is 30.5 Å². The average molecular weight is 397 g/mol. The van der Waals surface area contributed by atoms with Crippen LogP contribution in [0.3, 0.4) is 0 Å². The van der Waals surface area contributed by atoms with E-state index in [2.05, 4.69) is 28.6 Å². The van der Waals surface area contributed by atoms with Gasteiger partial charge in [-0.05, 0) is 0 Å². The summed E-state index contributed by atoms with van der Waals surface area (Å²) in [7, 11) is 0. The molecule has 0 saturated carbocycles. The van der Waals surface area contributed by atoms with Gasteiger partial charge in [-0.25, -0.2) is 0 Å². The van der Waals surface area contributed by atoms with Crippen LogP contribution in [0.2, 0.25) is 0 Å². The third-order valence-corrected chi connectivity index (χ3v) is 4.69. The molecule has 0 amide bonds. The van der Waals surface area contributed by atoms with E-state index in [-0.39, 0.29) is 17.2 Å². The summed E-state index contributed by atoms with van der Waals surface area (Å²) in [6.45, 7) is 0. The third kappa shape index (κ3) is 2.28. The summed E-state index contributed by atoms with van der Waals surface area (Å²) >= 11 is 2.70. The van der Waals surface area contributed by atoms with Gasteiger partial charge in [-0.2, -0.15) is 0 Å². The number of hydrogen-bond acceptors (Lipinski definition) is 2. The molecular formula is C9H7I2N2-. The Morgan fingerprint density at radius 1 is 1.23 bits per heavy atom. The fraction of sp³-hybridized carbons (Fsp3) is 0.111. The summed E-state index contributed by atoms with van der Waals surface area (Å²) in [5.41, 5.74) is 3.12. The molecule has 0 N–H and O–H groups in total. The molecule has 1 aromatic carbocycles. The van der Waals surface area contributed by atoms with Gasteiger partial charge in [0.1, 0.15) is 0 Å². The van der Waals surface area contributed by atoms with Gasteiger partial charge in [0.2, 0.25) is 0 Å². The molecule has 13 heavy (non-hydrogen) atoms. The Hall–Kier alpha value is 0.0200. The first-order valence-corrected chi connectivity index (χ1v) is 11.6. The van der Waals surface area contributed by atoms with Crippen LogP contribution in [0, 0.1) is 0 Å². The number of fused-ring (bicyclic) bond motifs is 1. The van der Waals surface area contributed by atoms with Crippen molar-refractivity contribution in [2.24, 2.45) is 0 Å². The zero-order valence-electron chi connectivity index (χ0n) is 6.74. The zero-order chi connectivity index (χ0) is 9.10. The SMILES string of the molecule is I[I-]Cc1cnc2ccccc2n1. The third-order valence-electron chi connectivity index (χ3n) is 1.69. The zero-order valence-corrected chi connectivity index (χ0v) is 11.1. The van der Waals surface area contributed by atoms with Crippen molar-refractivity contribution in [2.45, 2.75) is 4.43 Å². The van der Waals surface area contributed by atoms with E-state index < -0.39 is 0 Å². The number of halogens is 2. The minimum absolute atomic E-state index is 0.240. The summed E-state index contributed by atoms with van der Waals surface area (Å²) in [6.07, 6.45) is 1.89. The standard InChI is InChI=1S/C9H7I2N2/c10-11-5-7-6-12-8-3-1-2-4-9(8)13-7/h1-4,6H,5H2/q-1. The molecule has 0 aliphatic rings. The molecular weight excluding hydrogens is 390 g/mol. The topological polar surface area (TPSA) is 25.8 Å². The Labute approximate surface area is 96.6 Å². The maximum atomic E-state index is 4.53. The number of benzene rings is 1. The fourth-order valence-corrected chi connectivity index (χ4v) is 3.76. The van der Waals surface area contributed by atoms with Gasteiger partial charge in [0, 0.05) is 0 Å². The monoisotopic (exact) mass is 397 g/mol. The van der Waals surface area contributed by atoms with Crippen molar-refractivity contribution in [2.75, 3.05) is 0 Å². The predicted octanol–water partition coefficient (Wildman–Crippen LogP) is -0.431. The first-order chi connectivity index (χ1) is 6.40. The van der Waals surface area contributed by atoms with Gasteiger partial charge in [-0.15, -0.1) is 0 Å². The normalized spacial score (nSPS) is 10.8. The van der Waals surface area contributed by atoms with Gasteiger partial charge in [0.25, 0.3) is 0 Å². The Bertz CT molecular complexity index is 417. The van der Waals surface area contributed by atoms with Crippen LogP contribution in [0.25, 0.3) is 11.0 Å². The van der Waals surface area contributed by atoms with Crippen molar-refractivity contribution in [1.29, 1.82) is 0 Å². The second-order valence-electron chi connectivity index (χ2n) is 2.58. The van der Waals surface area contributed by atoms with Gasteiger partial charge in [-0.3, -0.25) is 0 Å². The van der Waals surface area contributed by atoms with Crippen LogP contribution in [-0.2, 0) is 4.43 Å². The van der Waals surface area contributed by atoms with Crippen molar-refractivity contribution in [3.05, 3.63) is 36.2 Å². The van der Waals surface area contributed by atoms with Gasteiger partial charge in [0.05, 0.1) is 0 Å². The van der Waals surface area contributed by atoms with Crippen LogP contribution < -0.4 is 17.2 Å². The Kier molecular flexibility index (Phi) is 3.31. The number of alkyl halides is 1. The van der Waals surface area contributed by atoms with E-state index in [1.54, 1.807) is 0 Å². The number of hydrogen-bond donors (Lipinski definition) is 0. The molecule has 1 heterocycles. The van der Waals surface area contributed by atoms with Crippen LogP contribution in [0.4, 0.5) is 0 Å². The number of rotatable bonds is 2. The second kappa shape index (κ2) is 4.50. The number of aromatic nitrogens is 2. The van der Waals surface area contributed by atoms with Gasteiger partial charge in [0.15, 0.2) is 0 Å². The molecule has 2 aromatic rings. The molecule has 0 spiro atoms. The van der Waals surface area contributed by atoms with Crippen LogP contribution in [0.5, 0.6) is 0 Å². The molecule has 0 radical (unpaired) electrons. The molecule has 0 saturated heterocycles. The van der Waals surface area contributed by atoms with E-state index in [9.17, 15) is 0 Å². The molecule has 68 valence electrons. The van der Waals surface area contributed by atoms with Crippen molar-refractivity contribution >= 4 is 29.6 Å². The Morgan fingerprint density at radius 2 is 2.00 bits per heavy atom. The van der Waals surface area contributed by atoms with Gasteiger partial charge < -0.3 is 0 Å². The van der Waals surface area contributed by atoms with Crippen molar-refractivity contribution in [1.82, 2.24) is 9.97 Å². The molecule has 0 fully saturated rings. The average Bonchev–Trinajstić information content (AvgIpc) is 2.18. The molecule has 1 aromatic heterocycles. The summed E-state index contributed by atoms with van der Waals surface area (Å²) < 4.78 is 1.11. The summed E-state index contributed by atoms with van der Waals surface area (Å²) in [6, 6.07) is 7.99. The summed E-state index contributed by atoms with van der Waals surface area (Å²) in [4.78, 5) is 8.88. The van der Waals surface area contributed by atoms with E-state index in [0.29, 0.717) is 0 Å². The van der Waals surface area contributed by atoms with Crippen LogP contribution in [-0.4, -0.2) is 9.97 Å². The Morgan fingerprint density at radius 3 is 2.77 bits per heavy atom. The maximum absolute atomic E-state index is 4.53. The second-order valence-corrected chi connectivity index (χ2v) is 7.79. The molecule has 2 nitrogen and oxygen atoms in total. The molecule has 0 atom stereocenters. The molecule has 2 rings (SSSR count). The van der Waals surface area contributed by atoms with E-state index >= 15 is 0 Å². The van der Waals surface area contributed by atoms with Crippen LogP contribution >= 0.6 is 18.6 Å². The van der Waals surface area contributed by atoms with E-state index in [1.165, 1.54) is 0 Å². The van der Waals surface area contributed by atoms with E-state index in [4.69, 9.17) is 0 Å². The first-order valence-electron chi connectivity index (χ1n) is 3.81. The number of para-hydroxylation sites is 2. The van der Waals surface area contributed by atoms with Gasteiger partial charge >= 0.3 is 97.4 Å². The van der Waals surface area contributed by atoms with Crippen molar-refractivity contribution in [3.63, 3.8) is 0 Å². The first kappa shape index (κ1) is 9.57. The predicted molar refractivity (Wildman–Crippen MR) is 57.3 cm³/mol. The molecule has 0 unspecified atom stereocenters. The minimum atomic E-state index is 0.240. The van der Waals surface area contributed by atoms with Crippen molar-refractivity contribution in [3.8, 4) is 0 Å². The molecule has 4 heteroatoms. The molecule has 0 aliphatic carbocycles. The van der Waals surface area contributed by atoms with Crippen LogP contribution in [0.1, 0.15) is 5.69 Å². The van der Waals surface area contributed by atoms with E-state index in [1.807, 2.05) is 30.5 Å². The molecule has 0 bridgehead atoms. The van der Waals surface area contributed by atoms with Gasteiger partial charge in [-0.1, -0.05) is 0 Å². The summed E-state index contributed by atoms with van der Waals surface area (Å²) in [5, 5.41) is 0.